The maximum Gasteiger partial charge on any atom is -0.109 e. The first kappa shape index (κ1) is 33.3. The van der Waals surface area contributed by atoms with Gasteiger partial charge in [0, 0.05) is 0 Å². The topological polar surface area (TPSA) is 0 Å². The van der Waals surface area contributed by atoms with E-state index in [1.165, 1.54) is 42.8 Å². The van der Waals surface area contributed by atoms with Gasteiger partial charge in [-0.15, -0.1) is 17.5 Å². The number of benzene rings is 3. The number of halogens is 2. The van der Waals surface area contributed by atoms with E-state index < -0.39 is 0 Å². The minimum Gasteiger partial charge on any atom is -1.00 e. The summed E-state index contributed by atoms with van der Waals surface area (Å²) in [5.74, 6) is 0. The minimum atomic E-state index is 0. The molecule has 0 N–H and O–H groups in total. The molecule has 0 aliphatic heterocycles. The summed E-state index contributed by atoms with van der Waals surface area (Å²) >= 11 is 2.12. The van der Waals surface area contributed by atoms with Gasteiger partial charge < -0.3 is 24.8 Å². The van der Waals surface area contributed by atoms with Crippen molar-refractivity contribution in [1.29, 1.82) is 0 Å². The molecule has 5 rings (SSSR count). The molecule has 0 radical (unpaired) electrons. The van der Waals surface area contributed by atoms with Crippen molar-refractivity contribution >= 4 is 3.81 Å². The molecule has 2 aliphatic carbocycles. The maximum absolute atomic E-state index is 3.67. The van der Waals surface area contributed by atoms with Gasteiger partial charge in [0.15, 0.2) is 0 Å². The standard InChI is InChI=1S/C21H25.C8H8.C5H5.2ClH.Ti/c1-20(2,3)16-7-9-18-14(12-16)11-15-13-17(21(4,5)6)8-10-19(15)18;1-2-8-6-4-3-5-7-8;1-2-4-5-3-1;;;/h7-10,12H,11H2,1-6H3;3-7H,1H3;1-3H,4H2;2*1H;/q-1;;-1;;;+2/p-2. The summed E-state index contributed by atoms with van der Waals surface area (Å²) in [4.78, 5) is 0. The molecule has 0 bridgehead atoms. The van der Waals surface area contributed by atoms with Crippen molar-refractivity contribution in [2.24, 2.45) is 0 Å². The molecule has 0 unspecified atom stereocenters. The molecule has 2 aliphatic rings. The SMILES string of the molecule is CC(C)(C)c1[c-]c2c(cc1)-c1ccc(C(C)(C)C)cc1C2.C[C](=[Ti+2])c1ccccc1.[C-]1=CC=CC1.[Cl-].[Cl-]. The molecule has 0 nitrogen and oxygen atoms in total. The number of hydrogen-bond acceptors (Lipinski definition) is 0. The summed E-state index contributed by atoms with van der Waals surface area (Å²) in [7, 11) is 0. The zero-order chi connectivity index (χ0) is 25.6. The molecule has 3 aromatic carbocycles. The Morgan fingerprint density at radius 2 is 1.46 bits per heavy atom. The summed E-state index contributed by atoms with van der Waals surface area (Å²) in [6, 6.07) is 25.6. The molecule has 0 atom stereocenters. The molecule has 0 saturated carbocycles. The Labute approximate surface area is 249 Å². The van der Waals surface area contributed by atoms with Crippen LogP contribution in [-0.2, 0) is 37.2 Å². The Bertz CT molecular complexity index is 1150. The zero-order valence-corrected chi connectivity index (χ0v) is 26.2. The maximum atomic E-state index is 3.67. The van der Waals surface area contributed by atoms with Crippen LogP contribution in [0.25, 0.3) is 11.1 Å². The molecule has 0 saturated heterocycles. The monoisotopic (exact) mass is 564 g/mol. The van der Waals surface area contributed by atoms with Crippen LogP contribution in [0.2, 0.25) is 0 Å². The number of allylic oxidation sites excluding steroid dienone is 4. The molecule has 37 heavy (non-hydrogen) atoms. The van der Waals surface area contributed by atoms with Gasteiger partial charge in [0.05, 0.1) is 0 Å². The van der Waals surface area contributed by atoms with E-state index in [1.807, 2.05) is 18.2 Å². The number of rotatable bonds is 1. The Morgan fingerprint density at radius 3 is 1.92 bits per heavy atom. The molecule has 3 aromatic rings. The molecule has 3 heteroatoms. The fraction of sp³-hybridized carbons (Fsp3) is 0.324. The van der Waals surface area contributed by atoms with E-state index in [-0.39, 0.29) is 35.6 Å². The van der Waals surface area contributed by atoms with Crippen LogP contribution < -0.4 is 24.8 Å². The fourth-order valence-corrected chi connectivity index (χ4v) is 4.32. The van der Waals surface area contributed by atoms with Crippen LogP contribution in [0, 0.1) is 12.1 Å². The molecule has 0 aromatic heterocycles. The first-order valence-electron chi connectivity index (χ1n) is 12.5. The van der Waals surface area contributed by atoms with Crippen molar-refractivity contribution in [3.8, 4) is 11.1 Å². The third-order valence-electron chi connectivity index (χ3n) is 6.26. The van der Waals surface area contributed by atoms with Crippen LogP contribution in [0.3, 0.4) is 0 Å². The van der Waals surface area contributed by atoms with Crippen molar-refractivity contribution in [2.75, 3.05) is 0 Å². The number of fused-ring (bicyclic) bond motifs is 3. The smallest absolute Gasteiger partial charge is 0.109 e. The van der Waals surface area contributed by atoms with Gasteiger partial charge in [-0.2, -0.15) is 29.8 Å². The van der Waals surface area contributed by atoms with Crippen LogP contribution in [0.1, 0.15) is 82.7 Å². The summed E-state index contributed by atoms with van der Waals surface area (Å²) in [5, 5.41) is 0. The van der Waals surface area contributed by atoms with Gasteiger partial charge in [-0.1, -0.05) is 65.3 Å². The second kappa shape index (κ2) is 14.5. The molecule has 194 valence electrons. The predicted octanol–water partition coefficient (Wildman–Crippen LogP) is 2.74. The van der Waals surface area contributed by atoms with Crippen LogP contribution in [-0.4, -0.2) is 3.81 Å². The van der Waals surface area contributed by atoms with Gasteiger partial charge in [-0.25, -0.2) is 12.2 Å². The van der Waals surface area contributed by atoms with E-state index in [9.17, 15) is 0 Å². The molecule has 0 spiro atoms. The van der Waals surface area contributed by atoms with Crippen molar-refractivity contribution in [2.45, 2.75) is 72.1 Å². The van der Waals surface area contributed by atoms with E-state index >= 15 is 0 Å². The first-order valence-corrected chi connectivity index (χ1v) is 13.3. The normalized spacial score (nSPS) is 12.6. The molecular formula is C34H38Cl2Ti-2. The third-order valence-corrected chi connectivity index (χ3v) is 6.71. The minimum absolute atomic E-state index is 0. The van der Waals surface area contributed by atoms with Crippen molar-refractivity contribution in [1.82, 2.24) is 0 Å². The average molecular weight is 565 g/mol. The van der Waals surface area contributed by atoms with Gasteiger partial charge >= 0.3 is 66.6 Å². The molecule has 0 amide bonds. The molecular weight excluding hydrogens is 527 g/mol. The quantitative estimate of drug-likeness (QED) is 0.246. The van der Waals surface area contributed by atoms with Gasteiger partial charge in [0.2, 0.25) is 0 Å². The summed E-state index contributed by atoms with van der Waals surface area (Å²) in [6.45, 7) is 15.7. The van der Waals surface area contributed by atoms with Crippen molar-refractivity contribution in [3.05, 3.63) is 119 Å². The van der Waals surface area contributed by atoms with Crippen LogP contribution >= 0.6 is 0 Å². The average Bonchev–Trinajstić information content (AvgIpc) is 3.49. The second-order valence-corrected chi connectivity index (χ2v) is 12.5. The molecule has 0 heterocycles. The summed E-state index contributed by atoms with van der Waals surface area (Å²) in [6.07, 6.45) is 11.0. The van der Waals surface area contributed by atoms with Gasteiger partial charge in [-0.05, 0) is 28.4 Å². The Balaban J connectivity index is 0.000000354. The predicted molar refractivity (Wildman–Crippen MR) is 149 cm³/mol. The molecule has 0 fully saturated rings. The summed E-state index contributed by atoms with van der Waals surface area (Å²) < 4.78 is 1.37. The largest absolute Gasteiger partial charge is 1.00 e. The summed E-state index contributed by atoms with van der Waals surface area (Å²) in [5.41, 5.74) is 10.0. The first-order chi connectivity index (χ1) is 16.5. The van der Waals surface area contributed by atoms with Gasteiger partial charge in [-0.3, -0.25) is 6.08 Å². The van der Waals surface area contributed by atoms with Crippen LogP contribution in [0.5, 0.6) is 0 Å². The second-order valence-electron chi connectivity index (χ2n) is 11.3. The van der Waals surface area contributed by atoms with Crippen molar-refractivity contribution in [3.63, 3.8) is 0 Å². The Morgan fingerprint density at radius 1 is 0.811 bits per heavy atom. The Kier molecular flexibility index (Phi) is 13.0. The zero-order valence-electron chi connectivity index (χ0n) is 23.2. The van der Waals surface area contributed by atoms with Crippen molar-refractivity contribution < 1.29 is 44.8 Å². The van der Waals surface area contributed by atoms with Crippen LogP contribution in [0.4, 0.5) is 0 Å². The van der Waals surface area contributed by atoms with E-state index in [1.54, 1.807) is 0 Å². The van der Waals surface area contributed by atoms with E-state index in [0.717, 1.165) is 12.8 Å². The van der Waals surface area contributed by atoms with E-state index in [2.05, 4.69) is 141 Å². The van der Waals surface area contributed by atoms with Crippen LogP contribution in [0.15, 0.2) is 78.9 Å². The van der Waals surface area contributed by atoms with Gasteiger partial charge in [0.25, 0.3) is 0 Å². The Hall–Kier alpha value is -1.70. The number of hydrogen-bond donors (Lipinski definition) is 0. The third kappa shape index (κ3) is 9.53. The van der Waals surface area contributed by atoms with E-state index in [4.69, 9.17) is 0 Å². The van der Waals surface area contributed by atoms with E-state index in [0.29, 0.717) is 0 Å². The van der Waals surface area contributed by atoms with Gasteiger partial charge in [0.1, 0.15) is 0 Å². The fourth-order valence-electron chi connectivity index (χ4n) is 4.06.